The number of hydrogen-bond acceptors (Lipinski definition) is 4. The number of ether oxygens (including phenoxy) is 1. The minimum atomic E-state index is -0.444. The first-order valence-electron chi connectivity index (χ1n) is 7.77. The van der Waals surface area contributed by atoms with Crippen LogP contribution in [-0.2, 0) is 6.42 Å². The van der Waals surface area contributed by atoms with Gasteiger partial charge >= 0.3 is 0 Å². The summed E-state index contributed by atoms with van der Waals surface area (Å²) in [7, 11) is 1.61. The summed E-state index contributed by atoms with van der Waals surface area (Å²) in [6.07, 6.45) is 0.498. The van der Waals surface area contributed by atoms with Crippen LogP contribution in [0.4, 0.5) is 5.69 Å². The lowest BCUT2D eigenvalue weighted by Gasteiger charge is -2.15. The number of hydrogen-bond donors (Lipinski definition) is 0. The van der Waals surface area contributed by atoms with E-state index in [4.69, 9.17) is 4.74 Å². The summed E-state index contributed by atoms with van der Waals surface area (Å²) in [6, 6.07) is 14.5. The van der Waals surface area contributed by atoms with Gasteiger partial charge in [-0.3, -0.25) is 10.1 Å². The molecule has 2 aromatic carbocycles. The maximum absolute atomic E-state index is 10.8. The zero-order valence-electron chi connectivity index (χ0n) is 14.0. The molecule has 0 aliphatic heterocycles. The van der Waals surface area contributed by atoms with E-state index in [1.54, 1.807) is 19.2 Å². The Bertz CT molecular complexity index is 761. The van der Waals surface area contributed by atoms with Crippen molar-refractivity contribution in [3.05, 3.63) is 69.3 Å². The van der Waals surface area contributed by atoms with Crippen LogP contribution in [0.3, 0.4) is 0 Å². The lowest BCUT2D eigenvalue weighted by atomic mass is 9.90. The van der Waals surface area contributed by atoms with Crippen molar-refractivity contribution in [2.45, 2.75) is 32.1 Å². The second kappa shape index (κ2) is 7.60. The average molecular weight is 324 g/mol. The molecule has 1 unspecified atom stereocenters. The molecule has 0 aliphatic carbocycles. The van der Waals surface area contributed by atoms with Crippen LogP contribution in [0.5, 0.6) is 5.75 Å². The number of nitrogens with zero attached hydrogens (tertiary/aromatic N) is 2. The van der Waals surface area contributed by atoms with Gasteiger partial charge in [-0.1, -0.05) is 38.1 Å². The predicted octanol–water partition coefficient (Wildman–Crippen LogP) is 4.58. The van der Waals surface area contributed by atoms with Gasteiger partial charge in [-0.2, -0.15) is 5.26 Å². The van der Waals surface area contributed by atoms with Gasteiger partial charge in [-0.25, -0.2) is 0 Å². The summed E-state index contributed by atoms with van der Waals surface area (Å²) in [5.74, 6) is 0.748. The molecule has 0 fully saturated rings. The Labute approximate surface area is 141 Å². The van der Waals surface area contributed by atoms with Gasteiger partial charge in [0.2, 0.25) is 0 Å². The van der Waals surface area contributed by atoms with Crippen LogP contribution in [0, 0.1) is 21.4 Å². The van der Waals surface area contributed by atoms with E-state index in [1.807, 2.05) is 12.1 Å². The van der Waals surface area contributed by atoms with Gasteiger partial charge in [0, 0.05) is 12.1 Å². The molecular weight excluding hydrogens is 304 g/mol. The number of nitriles is 1. The number of nitro benzene ring substituents is 1. The van der Waals surface area contributed by atoms with Crippen molar-refractivity contribution in [3.63, 3.8) is 0 Å². The second-order valence-electron chi connectivity index (χ2n) is 5.96. The predicted molar refractivity (Wildman–Crippen MR) is 92.2 cm³/mol. The van der Waals surface area contributed by atoms with Crippen molar-refractivity contribution >= 4 is 5.69 Å². The van der Waals surface area contributed by atoms with Crippen molar-refractivity contribution in [2.24, 2.45) is 0 Å². The minimum Gasteiger partial charge on any atom is -0.496 e. The van der Waals surface area contributed by atoms with E-state index in [9.17, 15) is 15.4 Å². The molecule has 0 aromatic heterocycles. The Hall–Kier alpha value is -2.87. The zero-order valence-corrected chi connectivity index (χ0v) is 14.0. The molecule has 0 saturated heterocycles. The number of methoxy groups -OCH3 is 1. The van der Waals surface area contributed by atoms with Gasteiger partial charge in [0.1, 0.15) is 5.75 Å². The first kappa shape index (κ1) is 17.5. The molecule has 0 amide bonds. The van der Waals surface area contributed by atoms with E-state index >= 15 is 0 Å². The maximum Gasteiger partial charge on any atom is 0.269 e. The van der Waals surface area contributed by atoms with Crippen molar-refractivity contribution < 1.29 is 9.66 Å². The highest BCUT2D eigenvalue weighted by atomic mass is 16.6. The third-order valence-corrected chi connectivity index (χ3v) is 4.06. The summed E-state index contributed by atoms with van der Waals surface area (Å²) in [6.45, 7) is 4.23. The minimum absolute atomic E-state index is 0.0230. The molecule has 0 bridgehead atoms. The Morgan fingerprint density at radius 1 is 1.17 bits per heavy atom. The molecule has 1 atom stereocenters. The summed E-state index contributed by atoms with van der Waals surface area (Å²) < 4.78 is 5.41. The number of non-ortho nitro benzene ring substituents is 1. The Morgan fingerprint density at radius 3 is 2.29 bits per heavy atom. The monoisotopic (exact) mass is 324 g/mol. The second-order valence-corrected chi connectivity index (χ2v) is 5.96. The van der Waals surface area contributed by atoms with Gasteiger partial charge in [-0.15, -0.1) is 0 Å². The summed E-state index contributed by atoms with van der Waals surface area (Å²) in [4.78, 5) is 10.3. The Morgan fingerprint density at radius 2 is 1.79 bits per heavy atom. The standard InChI is InChI=1S/C19H20N2O3/c1-13(2)15-6-9-19(24-3)16(10-15)11-17(12-20)14-4-7-18(8-5-14)21(22)23/h4-10,13,17H,11H2,1-3H3. The zero-order chi connectivity index (χ0) is 17.7. The smallest absolute Gasteiger partial charge is 0.269 e. The molecule has 0 aliphatic rings. The quantitative estimate of drug-likeness (QED) is 0.576. The van der Waals surface area contributed by atoms with Gasteiger partial charge in [0.25, 0.3) is 5.69 Å². The molecule has 0 heterocycles. The van der Waals surface area contributed by atoms with Gasteiger partial charge < -0.3 is 4.74 Å². The van der Waals surface area contributed by atoms with Gasteiger partial charge in [0.05, 0.1) is 24.0 Å². The molecule has 0 N–H and O–H groups in total. The summed E-state index contributed by atoms with van der Waals surface area (Å²) in [5, 5.41) is 20.3. The first-order valence-corrected chi connectivity index (χ1v) is 7.77. The van der Waals surface area contributed by atoms with Crippen molar-refractivity contribution in [2.75, 3.05) is 7.11 Å². The first-order chi connectivity index (χ1) is 11.5. The van der Waals surface area contributed by atoms with Crippen LogP contribution < -0.4 is 4.74 Å². The fourth-order valence-corrected chi connectivity index (χ4v) is 2.60. The molecule has 5 heteroatoms. The lowest BCUT2D eigenvalue weighted by molar-refractivity contribution is -0.384. The highest BCUT2D eigenvalue weighted by Crippen LogP contribution is 2.30. The fourth-order valence-electron chi connectivity index (χ4n) is 2.60. The normalized spacial score (nSPS) is 11.8. The molecule has 124 valence electrons. The van der Waals surface area contributed by atoms with Crippen LogP contribution >= 0.6 is 0 Å². The fraction of sp³-hybridized carbons (Fsp3) is 0.316. The third kappa shape index (κ3) is 3.90. The molecule has 2 aromatic rings. The maximum atomic E-state index is 10.8. The molecule has 0 saturated carbocycles. The molecule has 0 radical (unpaired) electrons. The molecule has 24 heavy (non-hydrogen) atoms. The van der Waals surface area contributed by atoms with Gasteiger partial charge in [0.15, 0.2) is 0 Å². The summed E-state index contributed by atoms with van der Waals surface area (Å²) >= 11 is 0. The van der Waals surface area contributed by atoms with E-state index in [0.717, 1.165) is 16.9 Å². The molecule has 2 rings (SSSR count). The van der Waals surface area contributed by atoms with Crippen LogP contribution in [0.1, 0.15) is 42.4 Å². The van der Waals surface area contributed by atoms with Crippen molar-refractivity contribution in [1.82, 2.24) is 0 Å². The molecular formula is C19H20N2O3. The number of nitro groups is 1. The SMILES string of the molecule is COc1ccc(C(C)C)cc1CC(C#N)c1ccc([N+](=O)[O-])cc1. The van der Waals surface area contributed by atoms with Crippen molar-refractivity contribution in [1.29, 1.82) is 5.26 Å². The van der Waals surface area contributed by atoms with E-state index in [0.29, 0.717) is 12.3 Å². The molecule has 0 spiro atoms. The topological polar surface area (TPSA) is 76.2 Å². The van der Waals surface area contributed by atoms with Crippen LogP contribution in [0.2, 0.25) is 0 Å². The third-order valence-electron chi connectivity index (χ3n) is 4.06. The van der Waals surface area contributed by atoms with E-state index in [2.05, 4.69) is 26.0 Å². The van der Waals surface area contributed by atoms with Crippen LogP contribution in [-0.4, -0.2) is 12.0 Å². The van der Waals surface area contributed by atoms with Gasteiger partial charge in [-0.05, 0) is 35.1 Å². The van der Waals surface area contributed by atoms with Crippen LogP contribution in [0.15, 0.2) is 42.5 Å². The Kier molecular flexibility index (Phi) is 5.54. The number of benzene rings is 2. The lowest BCUT2D eigenvalue weighted by Crippen LogP contribution is -2.04. The largest absolute Gasteiger partial charge is 0.496 e. The highest BCUT2D eigenvalue weighted by molar-refractivity contribution is 5.42. The van der Waals surface area contributed by atoms with E-state index in [-0.39, 0.29) is 11.6 Å². The van der Waals surface area contributed by atoms with E-state index in [1.165, 1.54) is 17.7 Å². The van der Waals surface area contributed by atoms with Crippen molar-refractivity contribution in [3.8, 4) is 11.8 Å². The average Bonchev–Trinajstić information content (AvgIpc) is 2.59. The Balaban J connectivity index is 2.31. The molecule has 5 nitrogen and oxygen atoms in total. The summed E-state index contributed by atoms with van der Waals surface area (Å²) in [5.41, 5.74) is 2.94. The van der Waals surface area contributed by atoms with Crippen LogP contribution in [0.25, 0.3) is 0 Å². The number of rotatable bonds is 6. The van der Waals surface area contributed by atoms with E-state index < -0.39 is 4.92 Å². The highest BCUT2D eigenvalue weighted by Gasteiger charge is 2.17.